The maximum absolute atomic E-state index is 6.23. The van der Waals surface area contributed by atoms with Crippen molar-refractivity contribution in [3.05, 3.63) is 43.6 Å². The third kappa shape index (κ3) is 3.76. The SMILES string of the molecule is CCn1nc(C)c(Br)c1COc1c(Cl)cc(Cl)cc1CBr. The quantitative estimate of drug-likeness (QED) is 0.535. The summed E-state index contributed by atoms with van der Waals surface area (Å²) in [5, 5.41) is 6.17. The van der Waals surface area contributed by atoms with E-state index >= 15 is 0 Å². The molecule has 0 N–H and O–H groups in total. The number of rotatable bonds is 5. The Morgan fingerprint density at radius 1 is 1.33 bits per heavy atom. The molecule has 0 fully saturated rings. The van der Waals surface area contributed by atoms with E-state index in [1.54, 1.807) is 6.07 Å². The predicted octanol–water partition coefficient (Wildman–Crippen LogP) is 5.75. The number of aromatic nitrogens is 2. The first-order chi connectivity index (χ1) is 9.97. The maximum Gasteiger partial charge on any atom is 0.142 e. The van der Waals surface area contributed by atoms with E-state index in [4.69, 9.17) is 27.9 Å². The van der Waals surface area contributed by atoms with E-state index in [-0.39, 0.29) is 0 Å². The zero-order valence-corrected chi connectivity index (χ0v) is 16.3. The molecule has 2 rings (SSSR count). The van der Waals surface area contributed by atoms with E-state index in [1.807, 2.05) is 24.6 Å². The molecule has 0 bridgehead atoms. The Morgan fingerprint density at radius 3 is 2.67 bits per heavy atom. The van der Waals surface area contributed by atoms with Crippen LogP contribution in [0.1, 0.15) is 23.9 Å². The molecule has 1 aromatic heterocycles. The minimum atomic E-state index is 0.386. The van der Waals surface area contributed by atoms with Crippen molar-refractivity contribution in [2.24, 2.45) is 0 Å². The summed E-state index contributed by atoms with van der Waals surface area (Å²) in [5.74, 6) is 0.645. The summed E-state index contributed by atoms with van der Waals surface area (Å²) in [4.78, 5) is 0. The van der Waals surface area contributed by atoms with E-state index in [0.29, 0.717) is 27.7 Å². The fraction of sp³-hybridized carbons (Fsp3) is 0.357. The van der Waals surface area contributed by atoms with Crippen LogP contribution in [0, 0.1) is 6.92 Å². The second kappa shape index (κ2) is 7.36. The predicted molar refractivity (Wildman–Crippen MR) is 93.8 cm³/mol. The van der Waals surface area contributed by atoms with Crippen LogP contribution in [0.2, 0.25) is 10.0 Å². The number of ether oxygens (including phenoxy) is 1. The van der Waals surface area contributed by atoms with Gasteiger partial charge in [-0.25, -0.2) is 0 Å². The molecule has 0 aliphatic carbocycles. The second-order valence-corrected chi connectivity index (χ2v) is 6.66. The molecule has 0 amide bonds. The third-order valence-electron chi connectivity index (χ3n) is 3.04. The second-order valence-electron chi connectivity index (χ2n) is 4.46. The van der Waals surface area contributed by atoms with Gasteiger partial charge >= 0.3 is 0 Å². The van der Waals surface area contributed by atoms with Crippen LogP contribution in [0.5, 0.6) is 5.75 Å². The number of aryl methyl sites for hydroxylation is 2. The highest BCUT2D eigenvalue weighted by atomic mass is 79.9. The summed E-state index contributed by atoms with van der Waals surface area (Å²) < 4.78 is 8.81. The van der Waals surface area contributed by atoms with E-state index in [2.05, 4.69) is 37.0 Å². The van der Waals surface area contributed by atoms with Crippen molar-refractivity contribution in [2.45, 2.75) is 32.3 Å². The van der Waals surface area contributed by atoms with Crippen LogP contribution in [0.15, 0.2) is 16.6 Å². The van der Waals surface area contributed by atoms with Crippen molar-refractivity contribution in [2.75, 3.05) is 0 Å². The van der Waals surface area contributed by atoms with Gasteiger partial charge in [0.2, 0.25) is 0 Å². The Bertz CT molecular complexity index is 659. The van der Waals surface area contributed by atoms with Crippen LogP contribution >= 0.6 is 55.1 Å². The van der Waals surface area contributed by atoms with Gasteiger partial charge in [-0.15, -0.1) is 0 Å². The highest BCUT2D eigenvalue weighted by Crippen LogP contribution is 2.35. The van der Waals surface area contributed by atoms with Gasteiger partial charge < -0.3 is 4.74 Å². The normalized spacial score (nSPS) is 11.0. The van der Waals surface area contributed by atoms with Gasteiger partial charge in [0, 0.05) is 22.5 Å². The average molecular weight is 457 g/mol. The minimum Gasteiger partial charge on any atom is -0.485 e. The minimum absolute atomic E-state index is 0.386. The molecule has 0 atom stereocenters. The van der Waals surface area contributed by atoms with Crippen LogP contribution in [0.4, 0.5) is 0 Å². The molecule has 1 aromatic carbocycles. The summed E-state index contributed by atoms with van der Waals surface area (Å²) >= 11 is 19.2. The largest absolute Gasteiger partial charge is 0.485 e. The van der Waals surface area contributed by atoms with E-state index in [9.17, 15) is 0 Å². The van der Waals surface area contributed by atoms with Gasteiger partial charge in [-0.05, 0) is 41.9 Å². The first-order valence-electron chi connectivity index (χ1n) is 6.36. The number of nitrogens with zero attached hydrogens (tertiary/aromatic N) is 2. The molecular weight excluding hydrogens is 443 g/mol. The summed E-state index contributed by atoms with van der Waals surface area (Å²) in [7, 11) is 0. The molecule has 0 unspecified atom stereocenters. The molecule has 0 saturated heterocycles. The van der Waals surface area contributed by atoms with E-state index < -0.39 is 0 Å². The van der Waals surface area contributed by atoms with Gasteiger partial charge in [0.25, 0.3) is 0 Å². The molecule has 1 heterocycles. The summed E-state index contributed by atoms with van der Waals surface area (Å²) in [6.07, 6.45) is 0. The summed E-state index contributed by atoms with van der Waals surface area (Å²) in [5.41, 5.74) is 2.85. The number of halogens is 4. The molecule has 0 spiro atoms. The third-order valence-corrected chi connectivity index (χ3v) is 5.17. The molecule has 0 radical (unpaired) electrons. The molecule has 0 saturated carbocycles. The highest BCUT2D eigenvalue weighted by molar-refractivity contribution is 9.10. The summed E-state index contributed by atoms with van der Waals surface area (Å²) in [6.45, 7) is 5.17. The van der Waals surface area contributed by atoms with Gasteiger partial charge in [0.05, 0.1) is 20.9 Å². The molecule has 0 aliphatic heterocycles. The Hall–Kier alpha value is -0.230. The Balaban J connectivity index is 2.29. The van der Waals surface area contributed by atoms with Crippen molar-refractivity contribution in [3.8, 4) is 5.75 Å². The Kier molecular flexibility index (Phi) is 6.00. The first-order valence-corrected chi connectivity index (χ1v) is 9.03. The highest BCUT2D eigenvalue weighted by Gasteiger charge is 2.15. The Labute approximate surface area is 150 Å². The van der Waals surface area contributed by atoms with Crippen LogP contribution in [-0.4, -0.2) is 9.78 Å². The maximum atomic E-state index is 6.23. The molecule has 3 nitrogen and oxygen atoms in total. The topological polar surface area (TPSA) is 27.1 Å². The van der Waals surface area contributed by atoms with E-state index in [1.165, 1.54) is 0 Å². The average Bonchev–Trinajstić information content (AvgIpc) is 2.72. The molecule has 0 aliphatic rings. The van der Waals surface area contributed by atoms with Crippen LogP contribution in [-0.2, 0) is 18.5 Å². The molecule has 2 aromatic rings. The number of benzene rings is 1. The van der Waals surface area contributed by atoms with Crippen molar-refractivity contribution in [1.29, 1.82) is 0 Å². The number of hydrogen-bond acceptors (Lipinski definition) is 2. The van der Waals surface area contributed by atoms with Crippen LogP contribution in [0.3, 0.4) is 0 Å². The lowest BCUT2D eigenvalue weighted by Gasteiger charge is -2.13. The standard InChI is InChI=1S/C14H14Br2Cl2N2O/c1-3-20-12(13(16)8(2)19-20)7-21-14-9(6-15)4-10(17)5-11(14)18/h4-5H,3,6-7H2,1-2H3. The van der Waals surface area contributed by atoms with Crippen molar-refractivity contribution in [1.82, 2.24) is 9.78 Å². The summed E-state index contributed by atoms with van der Waals surface area (Å²) in [6, 6.07) is 3.52. The van der Waals surface area contributed by atoms with Crippen LogP contribution < -0.4 is 4.74 Å². The zero-order chi connectivity index (χ0) is 15.6. The van der Waals surface area contributed by atoms with Gasteiger partial charge in [0.15, 0.2) is 0 Å². The van der Waals surface area contributed by atoms with Crippen molar-refractivity contribution >= 4 is 55.1 Å². The van der Waals surface area contributed by atoms with Gasteiger partial charge in [-0.2, -0.15) is 5.10 Å². The molecule has 7 heteroatoms. The molecule has 21 heavy (non-hydrogen) atoms. The molecule has 114 valence electrons. The first kappa shape index (κ1) is 17.1. The van der Waals surface area contributed by atoms with Gasteiger partial charge in [-0.1, -0.05) is 39.1 Å². The zero-order valence-electron chi connectivity index (χ0n) is 11.6. The monoisotopic (exact) mass is 454 g/mol. The number of hydrogen-bond donors (Lipinski definition) is 0. The smallest absolute Gasteiger partial charge is 0.142 e. The van der Waals surface area contributed by atoms with E-state index in [0.717, 1.165) is 28.0 Å². The fourth-order valence-corrected chi connectivity index (χ4v) is 3.43. The lowest BCUT2D eigenvalue weighted by atomic mass is 10.2. The van der Waals surface area contributed by atoms with Gasteiger partial charge in [0.1, 0.15) is 12.4 Å². The molecular formula is C14H14Br2Cl2N2O. The lowest BCUT2D eigenvalue weighted by molar-refractivity contribution is 0.290. The van der Waals surface area contributed by atoms with Gasteiger partial charge in [-0.3, -0.25) is 4.68 Å². The van der Waals surface area contributed by atoms with Crippen LogP contribution in [0.25, 0.3) is 0 Å². The van der Waals surface area contributed by atoms with Crippen molar-refractivity contribution in [3.63, 3.8) is 0 Å². The fourth-order valence-electron chi connectivity index (χ4n) is 2.02. The Morgan fingerprint density at radius 2 is 2.05 bits per heavy atom. The lowest BCUT2D eigenvalue weighted by Crippen LogP contribution is -2.07. The van der Waals surface area contributed by atoms with Crippen molar-refractivity contribution < 1.29 is 4.74 Å². The number of alkyl halides is 1.